The van der Waals surface area contributed by atoms with Crippen LogP contribution >= 0.6 is 0 Å². The third kappa shape index (κ3) is 3.23. The lowest BCUT2D eigenvalue weighted by molar-refractivity contribution is -0.131. The number of fused-ring (bicyclic) bond motifs is 1. The van der Waals surface area contributed by atoms with E-state index < -0.39 is 5.92 Å². The molecular formula is C25H23F2N5O. The third-order valence-electron chi connectivity index (χ3n) is 6.86. The average molecular weight is 447 g/mol. The SMILES string of the molecule is Cc1cc(-n2cnc(C(C)(F)F)c2)ccc1[C@@H]1C(C2CC2)C(=O)N1c1ccc2[nH]cnc2c1. The Kier molecular flexibility index (Phi) is 4.24. The molecule has 1 amide bonds. The molecule has 6 rings (SSSR count). The van der Waals surface area contributed by atoms with Gasteiger partial charge >= 0.3 is 0 Å². The van der Waals surface area contributed by atoms with Crippen LogP contribution in [0.25, 0.3) is 16.7 Å². The number of aromatic nitrogens is 4. The first-order valence-corrected chi connectivity index (χ1v) is 11.1. The van der Waals surface area contributed by atoms with Crippen LogP contribution in [0.5, 0.6) is 0 Å². The zero-order chi connectivity index (χ0) is 22.9. The second kappa shape index (κ2) is 6.97. The second-order valence-electron chi connectivity index (χ2n) is 9.22. The van der Waals surface area contributed by atoms with E-state index in [-0.39, 0.29) is 23.6 Å². The highest BCUT2D eigenvalue weighted by molar-refractivity contribution is 6.04. The standard InChI is InChI=1S/C25H23F2N5O/c1-14-9-16(31-11-21(30-13-31)25(2,26)27)5-7-18(14)23-22(15-3-4-15)24(33)32(23)17-6-8-19-20(10-17)29-12-28-19/h5-13,15,22-23H,3-4H2,1-2H3,(H,28,29)/t22?,23-/m1/s1. The lowest BCUT2D eigenvalue weighted by Crippen LogP contribution is -2.56. The van der Waals surface area contributed by atoms with Gasteiger partial charge in [0.2, 0.25) is 5.91 Å². The van der Waals surface area contributed by atoms with Crippen LogP contribution in [0, 0.1) is 18.8 Å². The summed E-state index contributed by atoms with van der Waals surface area (Å²) in [4.78, 5) is 26.4. The number of H-pyrrole nitrogens is 1. The van der Waals surface area contributed by atoms with Gasteiger partial charge < -0.3 is 14.5 Å². The van der Waals surface area contributed by atoms with Crippen molar-refractivity contribution in [2.45, 2.75) is 38.7 Å². The van der Waals surface area contributed by atoms with Crippen molar-refractivity contribution in [2.24, 2.45) is 11.8 Å². The first-order chi connectivity index (χ1) is 15.8. The maximum Gasteiger partial charge on any atom is 0.288 e. The zero-order valence-electron chi connectivity index (χ0n) is 18.3. The fourth-order valence-electron chi connectivity index (χ4n) is 4.96. The molecule has 2 atom stereocenters. The van der Waals surface area contributed by atoms with Gasteiger partial charge in [-0.25, -0.2) is 9.97 Å². The van der Waals surface area contributed by atoms with Crippen molar-refractivity contribution < 1.29 is 13.6 Å². The number of hydrogen-bond acceptors (Lipinski definition) is 3. The van der Waals surface area contributed by atoms with E-state index in [0.717, 1.165) is 53.3 Å². The Morgan fingerprint density at radius 1 is 1.09 bits per heavy atom. The molecule has 1 unspecified atom stereocenters. The van der Waals surface area contributed by atoms with Gasteiger partial charge in [-0.3, -0.25) is 4.79 Å². The first-order valence-electron chi connectivity index (χ1n) is 11.1. The quantitative estimate of drug-likeness (QED) is 0.423. The molecule has 1 saturated heterocycles. The van der Waals surface area contributed by atoms with Crippen molar-refractivity contribution in [3.8, 4) is 5.69 Å². The maximum atomic E-state index is 13.6. The van der Waals surface area contributed by atoms with E-state index >= 15 is 0 Å². The van der Waals surface area contributed by atoms with Crippen molar-refractivity contribution in [1.82, 2.24) is 19.5 Å². The van der Waals surface area contributed by atoms with Crippen LogP contribution in [-0.4, -0.2) is 25.4 Å². The van der Waals surface area contributed by atoms with Gasteiger partial charge in [-0.2, -0.15) is 8.78 Å². The van der Waals surface area contributed by atoms with E-state index in [0.29, 0.717) is 5.92 Å². The number of carbonyl (C=O) groups excluding carboxylic acids is 1. The van der Waals surface area contributed by atoms with E-state index in [4.69, 9.17) is 0 Å². The number of β-lactam (4-membered cyclic amide) rings is 1. The molecule has 1 aliphatic heterocycles. The molecule has 0 spiro atoms. The highest BCUT2D eigenvalue weighted by Gasteiger charge is 2.55. The molecule has 2 aromatic carbocycles. The van der Waals surface area contributed by atoms with E-state index in [2.05, 4.69) is 15.0 Å². The summed E-state index contributed by atoms with van der Waals surface area (Å²) in [7, 11) is 0. The van der Waals surface area contributed by atoms with Crippen LogP contribution in [0.3, 0.4) is 0 Å². The van der Waals surface area contributed by atoms with Crippen molar-refractivity contribution in [2.75, 3.05) is 4.90 Å². The molecule has 6 nitrogen and oxygen atoms in total. The summed E-state index contributed by atoms with van der Waals surface area (Å²) < 4.78 is 28.8. The lowest BCUT2D eigenvalue weighted by atomic mass is 9.77. The monoisotopic (exact) mass is 447 g/mol. The summed E-state index contributed by atoms with van der Waals surface area (Å²) in [5.74, 6) is -2.43. The average Bonchev–Trinajstić information content (AvgIpc) is 3.25. The number of benzene rings is 2. The number of aryl methyl sites for hydroxylation is 1. The van der Waals surface area contributed by atoms with Crippen LogP contribution in [0.4, 0.5) is 14.5 Å². The summed E-state index contributed by atoms with van der Waals surface area (Å²) in [5, 5.41) is 0. The smallest absolute Gasteiger partial charge is 0.288 e. The molecule has 2 aliphatic rings. The van der Waals surface area contributed by atoms with Gasteiger partial charge in [0.15, 0.2) is 0 Å². The Hall–Kier alpha value is -3.55. The number of rotatable bonds is 5. The van der Waals surface area contributed by atoms with E-state index in [1.807, 2.05) is 48.2 Å². The molecule has 3 heterocycles. The molecule has 1 aliphatic carbocycles. The number of nitrogens with zero attached hydrogens (tertiary/aromatic N) is 4. The van der Waals surface area contributed by atoms with Gasteiger partial charge in [-0.15, -0.1) is 0 Å². The molecule has 4 aromatic rings. The minimum atomic E-state index is -2.99. The van der Waals surface area contributed by atoms with Crippen LogP contribution in [0.15, 0.2) is 55.2 Å². The number of halogens is 2. The predicted octanol–water partition coefficient (Wildman–Crippen LogP) is 5.28. The topological polar surface area (TPSA) is 66.8 Å². The molecule has 33 heavy (non-hydrogen) atoms. The highest BCUT2D eigenvalue weighted by atomic mass is 19.3. The van der Waals surface area contributed by atoms with Crippen molar-refractivity contribution in [1.29, 1.82) is 0 Å². The predicted molar refractivity (Wildman–Crippen MR) is 120 cm³/mol. The lowest BCUT2D eigenvalue weighted by Gasteiger charge is -2.48. The number of carbonyl (C=O) groups is 1. The Labute approximate surface area is 189 Å². The largest absolute Gasteiger partial charge is 0.345 e. The third-order valence-corrected chi connectivity index (χ3v) is 6.86. The van der Waals surface area contributed by atoms with Crippen molar-refractivity contribution >= 4 is 22.6 Å². The fraction of sp³-hybridized carbons (Fsp3) is 0.320. The van der Waals surface area contributed by atoms with Crippen molar-refractivity contribution in [3.05, 3.63) is 72.1 Å². The number of imidazole rings is 2. The molecule has 2 fully saturated rings. The van der Waals surface area contributed by atoms with E-state index in [1.165, 1.54) is 12.5 Å². The first kappa shape index (κ1) is 20.1. The number of alkyl halides is 2. The zero-order valence-corrected chi connectivity index (χ0v) is 18.3. The number of anilines is 1. The Bertz CT molecular complexity index is 1380. The van der Waals surface area contributed by atoms with Crippen molar-refractivity contribution in [3.63, 3.8) is 0 Å². The number of aromatic amines is 1. The minimum Gasteiger partial charge on any atom is -0.345 e. The highest BCUT2D eigenvalue weighted by Crippen LogP contribution is 2.54. The number of amides is 1. The van der Waals surface area contributed by atoms with Crippen LogP contribution in [0.1, 0.15) is 42.6 Å². The summed E-state index contributed by atoms with van der Waals surface area (Å²) in [5.41, 5.74) is 5.19. The van der Waals surface area contributed by atoms with Gasteiger partial charge in [0, 0.05) is 24.5 Å². The molecule has 8 heteroatoms. The van der Waals surface area contributed by atoms with Gasteiger partial charge in [0.1, 0.15) is 5.69 Å². The molecule has 1 saturated carbocycles. The molecule has 168 valence electrons. The Balaban J connectivity index is 1.37. The Morgan fingerprint density at radius 3 is 2.58 bits per heavy atom. The molecule has 1 N–H and O–H groups in total. The summed E-state index contributed by atoms with van der Waals surface area (Å²) in [6.45, 7) is 2.85. The summed E-state index contributed by atoms with van der Waals surface area (Å²) >= 11 is 0. The summed E-state index contributed by atoms with van der Waals surface area (Å²) in [6.07, 6.45) is 6.58. The molecule has 0 radical (unpaired) electrons. The van der Waals surface area contributed by atoms with E-state index in [9.17, 15) is 13.6 Å². The fourth-order valence-corrected chi connectivity index (χ4v) is 4.96. The normalized spacial score (nSPS) is 21.0. The second-order valence-corrected chi connectivity index (χ2v) is 9.22. The maximum absolute atomic E-state index is 13.6. The number of nitrogens with one attached hydrogen (secondary N) is 1. The Morgan fingerprint density at radius 2 is 1.88 bits per heavy atom. The van der Waals surface area contributed by atoms with Gasteiger partial charge in [-0.1, -0.05) is 6.07 Å². The molecule has 2 aromatic heterocycles. The van der Waals surface area contributed by atoms with Gasteiger partial charge in [0.25, 0.3) is 5.92 Å². The minimum absolute atomic E-state index is 0.0249. The van der Waals surface area contributed by atoms with Gasteiger partial charge in [-0.05, 0) is 67.1 Å². The molecule has 0 bridgehead atoms. The van der Waals surface area contributed by atoms with Crippen LogP contribution in [0.2, 0.25) is 0 Å². The molecular weight excluding hydrogens is 424 g/mol. The van der Waals surface area contributed by atoms with E-state index in [1.54, 1.807) is 10.9 Å². The van der Waals surface area contributed by atoms with Gasteiger partial charge in [0.05, 0.1) is 35.6 Å². The summed E-state index contributed by atoms with van der Waals surface area (Å²) in [6, 6.07) is 11.7. The van der Waals surface area contributed by atoms with Crippen LogP contribution < -0.4 is 4.90 Å². The van der Waals surface area contributed by atoms with Crippen LogP contribution in [-0.2, 0) is 10.7 Å². The number of hydrogen-bond donors (Lipinski definition) is 1.